The summed E-state index contributed by atoms with van der Waals surface area (Å²) in [6.07, 6.45) is 1.98. The lowest BCUT2D eigenvalue weighted by Crippen LogP contribution is -2.31. The molecule has 1 aromatic heterocycles. The molecule has 0 spiro atoms. The lowest BCUT2D eigenvalue weighted by Gasteiger charge is -2.25. The van der Waals surface area contributed by atoms with E-state index in [0.29, 0.717) is 28.0 Å². The second-order valence-corrected chi connectivity index (χ2v) is 6.05. The van der Waals surface area contributed by atoms with Crippen molar-refractivity contribution in [2.24, 2.45) is 0 Å². The maximum absolute atomic E-state index is 12.5. The van der Waals surface area contributed by atoms with E-state index in [1.165, 1.54) is 11.8 Å². The highest BCUT2D eigenvalue weighted by molar-refractivity contribution is 7.98. The monoisotopic (exact) mass is 347 g/mol. The lowest BCUT2D eigenvalue weighted by atomic mass is 9.86. The number of nitrogens with zero attached hydrogens (tertiary/aromatic N) is 1. The fourth-order valence-electron chi connectivity index (χ4n) is 2.80. The normalized spacial score (nSPS) is 16.3. The van der Waals surface area contributed by atoms with E-state index in [1.807, 2.05) is 6.07 Å². The number of carbonyl (C=O) groups is 1. The Labute approximate surface area is 142 Å². The van der Waals surface area contributed by atoms with Gasteiger partial charge >= 0.3 is 0 Å². The fourth-order valence-corrected chi connectivity index (χ4v) is 3.18. The van der Waals surface area contributed by atoms with Crippen LogP contribution >= 0.6 is 11.8 Å². The largest absolute Gasteiger partial charge is 0.493 e. The van der Waals surface area contributed by atoms with E-state index in [2.05, 4.69) is 15.3 Å². The number of aromatic nitrogens is 2. The van der Waals surface area contributed by atoms with Gasteiger partial charge in [0.2, 0.25) is 5.91 Å². The zero-order chi connectivity index (χ0) is 17.3. The van der Waals surface area contributed by atoms with Crippen molar-refractivity contribution in [3.05, 3.63) is 39.7 Å². The molecule has 8 heteroatoms. The van der Waals surface area contributed by atoms with Crippen LogP contribution in [-0.4, -0.2) is 36.4 Å². The highest BCUT2D eigenvalue weighted by Crippen LogP contribution is 2.38. The second kappa shape index (κ2) is 6.56. The number of anilines is 1. The van der Waals surface area contributed by atoms with Crippen LogP contribution in [-0.2, 0) is 4.79 Å². The number of nitrogens with one attached hydrogen (secondary N) is 2. The molecule has 0 fully saturated rings. The molecule has 126 valence electrons. The van der Waals surface area contributed by atoms with Crippen molar-refractivity contribution < 1.29 is 14.3 Å². The first-order chi connectivity index (χ1) is 11.6. The van der Waals surface area contributed by atoms with Crippen molar-refractivity contribution in [3.63, 3.8) is 0 Å². The lowest BCUT2D eigenvalue weighted by molar-refractivity contribution is -0.116. The molecule has 1 atom stereocenters. The first-order valence-electron chi connectivity index (χ1n) is 7.27. The summed E-state index contributed by atoms with van der Waals surface area (Å²) in [5.41, 5.74) is 1.01. The van der Waals surface area contributed by atoms with Crippen molar-refractivity contribution in [1.82, 2.24) is 9.97 Å². The Hall–Kier alpha value is -2.48. The fraction of sp³-hybridized carbons (Fsp3) is 0.312. The number of fused-ring (bicyclic) bond motifs is 1. The van der Waals surface area contributed by atoms with Crippen LogP contribution in [0.5, 0.6) is 11.5 Å². The number of hydrogen-bond acceptors (Lipinski definition) is 6. The van der Waals surface area contributed by atoms with Gasteiger partial charge in [0.05, 0.1) is 19.8 Å². The van der Waals surface area contributed by atoms with Crippen LogP contribution in [0.4, 0.5) is 5.82 Å². The van der Waals surface area contributed by atoms with E-state index in [-0.39, 0.29) is 23.8 Å². The molecule has 0 unspecified atom stereocenters. The Morgan fingerprint density at radius 2 is 1.96 bits per heavy atom. The molecule has 2 heterocycles. The third-order valence-corrected chi connectivity index (χ3v) is 4.51. The van der Waals surface area contributed by atoms with E-state index in [1.54, 1.807) is 32.6 Å². The first kappa shape index (κ1) is 16.4. The summed E-state index contributed by atoms with van der Waals surface area (Å²) in [7, 11) is 3.10. The van der Waals surface area contributed by atoms with Gasteiger partial charge in [-0.2, -0.15) is 0 Å². The number of methoxy groups -OCH3 is 2. The molecule has 1 aliphatic heterocycles. The predicted molar refractivity (Wildman–Crippen MR) is 91.3 cm³/mol. The van der Waals surface area contributed by atoms with Crippen molar-refractivity contribution in [3.8, 4) is 11.5 Å². The molecule has 24 heavy (non-hydrogen) atoms. The van der Waals surface area contributed by atoms with Crippen LogP contribution in [0.15, 0.2) is 28.2 Å². The van der Waals surface area contributed by atoms with Gasteiger partial charge in [0.15, 0.2) is 16.7 Å². The number of ether oxygens (including phenoxy) is 2. The molecular weight excluding hydrogens is 330 g/mol. The third kappa shape index (κ3) is 2.84. The summed E-state index contributed by atoms with van der Waals surface area (Å²) < 4.78 is 10.6. The molecule has 2 N–H and O–H groups in total. The molecule has 3 rings (SSSR count). The average Bonchev–Trinajstić information content (AvgIpc) is 2.59. The summed E-state index contributed by atoms with van der Waals surface area (Å²) >= 11 is 1.31. The SMILES string of the molecule is COc1ccc([C@@H]2CC(=O)Nc3nc(SC)[nH]c(=O)c32)cc1OC. The minimum Gasteiger partial charge on any atom is -0.493 e. The molecule has 0 aliphatic carbocycles. The topological polar surface area (TPSA) is 93.3 Å². The van der Waals surface area contributed by atoms with Crippen LogP contribution in [0.2, 0.25) is 0 Å². The summed E-state index contributed by atoms with van der Waals surface area (Å²) in [5, 5.41) is 3.15. The Balaban J connectivity index is 2.14. The number of H-pyrrole nitrogens is 1. The van der Waals surface area contributed by atoms with Crippen molar-refractivity contribution in [2.45, 2.75) is 17.5 Å². The second-order valence-electron chi connectivity index (χ2n) is 5.26. The van der Waals surface area contributed by atoms with Gasteiger partial charge in [-0.05, 0) is 24.0 Å². The van der Waals surface area contributed by atoms with Gasteiger partial charge in [-0.25, -0.2) is 4.98 Å². The van der Waals surface area contributed by atoms with Crippen molar-refractivity contribution in [1.29, 1.82) is 0 Å². The average molecular weight is 347 g/mol. The number of aromatic amines is 1. The van der Waals surface area contributed by atoms with E-state index >= 15 is 0 Å². The zero-order valence-corrected chi connectivity index (χ0v) is 14.3. The molecular formula is C16H17N3O4S. The number of hydrogen-bond donors (Lipinski definition) is 2. The summed E-state index contributed by atoms with van der Waals surface area (Å²) in [6, 6.07) is 5.38. The van der Waals surface area contributed by atoms with Gasteiger partial charge in [0, 0.05) is 12.3 Å². The molecule has 1 aliphatic rings. The first-order valence-corrected chi connectivity index (χ1v) is 8.49. The van der Waals surface area contributed by atoms with Gasteiger partial charge in [-0.3, -0.25) is 9.59 Å². The summed E-state index contributed by atoms with van der Waals surface area (Å²) in [4.78, 5) is 31.6. The highest BCUT2D eigenvalue weighted by Gasteiger charge is 2.31. The minimum atomic E-state index is -0.388. The zero-order valence-electron chi connectivity index (χ0n) is 13.5. The quantitative estimate of drug-likeness (QED) is 0.649. The Bertz CT molecular complexity index is 850. The Morgan fingerprint density at radius 1 is 1.21 bits per heavy atom. The molecule has 0 saturated heterocycles. The van der Waals surface area contributed by atoms with Gasteiger partial charge in [0.25, 0.3) is 5.56 Å². The van der Waals surface area contributed by atoms with Crippen LogP contribution in [0.1, 0.15) is 23.5 Å². The Morgan fingerprint density at radius 3 is 2.62 bits per heavy atom. The van der Waals surface area contributed by atoms with E-state index in [4.69, 9.17) is 9.47 Å². The highest BCUT2D eigenvalue weighted by atomic mass is 32.2. The number of benzene rings is 1. The van der Waals surface area contributed by atoms with Gasteiger partial charge < -0.3 is 19.8 Å². The smallest absolute Gasteiger partial charge is 0.257 e. The van der Waals surface area contributed by atoms with E-state index in [9.17, 15) is 9.59 Å². The van der Waals surface area contributed by atoms with Crippen LogP contribution in [0.25, 0.3) is 0 Å². The summed E-state index contributed by atoms with van der Waals surface area (Å²) in [5.74, 6) is 0.895. The van der Waals surface area contributed by atoms with Crippen LogP contribution in [0, 0.1) is 0 Å². The third-order valence-electron chi connectivity index (χ3n) is 3.93. The minimum absolute atomic E-state index is 0.172. The maximum Gasteiger partial charge on any atom is 0.257 e. The Kier molecular flexibility index (Phi) is 4.48. The number of rotatable bonds is 4. The van der Waals surface area contributed by atoms with Gasteiger partial charge in [-0.1, -0.05) is 17.8 Å². The molecule has 0 bridgehead atoms. The molecule has 0 saturated carbocycles. The van der Waals surface area contributed by atoms with Crippen molar-refractivity contribution in [2.75, 3.05) is 25.8 Å². The predicted octanol–water partition coefficient (Wildman–Crippen LogP) is 1.98. The van der Waals surface area contributed by atoms with Crippen LogP contribution < -0.4 is 20.3 Å². The molecule has 1 amide bonds. The van der Waals surface area contributed by atoms with Gasteiger partial charge in [-0.15, -0.1) is 0 Å². The van der Waals surface area contributed by atoms with E-state index < -0.39 is 0 Å². The van der Waals surface area contributed by atoms with Gasteiger partial charge in [0.1, 0.15) is 5.82 Å². The molecule has 1 aromatic carbocycles. The number of thioether (sulfide) groups is 1. The van der Waals surface area contributed by atoms with E-state index in [0.717, 1.165) is 5.56 Å². The maximum atomic E-state index is 12.5. The molecule has 7 nitrogen and oxygen atoms in total. The number of carbonyl (C=O) groups excluding carboxylic acids is 1. The molecule has 2 aromatic rings. The standard InChI is InChI=1S/C16H17N3O4S/c1-22-10-5-4-8(6-11(10)23-2)9-7-12(20)17-14-13(9)15(21)19-16(18-14)24-3/h4-6,9H,7H2,1-3H3,(H2,17,18,19,20,21)/t9-/m0/s1. The molecule has 0 radical (unpaired) electrons. The number of amides is 1. The van der Waals surface area contributed by atoms with Crippen molar-refractivity contribution >= 4 is 23.5 Å². The summed E-state index contributed by atoms with van der Waals surface area (Å²) in [6.45, 7) is 0. The van der Waals surface area contributed by atoms with Crippen LogP contribution in [0.3, 0.4) is 0 Å².